The van der Waals surface area contributed by atoms with Crippen molar-refractivity contribution in [1.29, 1.82) is 0 Å². The van der Waals surface area contributed by atoms with E-state index in [9.17, 15) is 9.59 Å². The second kappa shape index (κ2) is 8.83. The van der Waals surface area contributed by atoms with Crippen molar-refractivity contribution in [2.24, 2.45) is 5.41 Å². The molecule has 4 rings (SSSR count). The van der Waals surface area contributed by atoms with Gasteiger partial charge in [0.25, 0.3) is 5.91 Å². The minimum absolute atomic E-state index is 0.0358. The molecule has 0 bridgehead atoms. The number of alkyl halides is 1. The van der Waals surface area contributed by atoms with E-state index in [1.165, 1.54) is 0 Å². The summed E-state index contributed by atoms with van der Waals surface area (Å²) < 4.78 is 6.12. The first-order chi connectivity index (χ1) is 15.3. The molecule has 0 aliphatic carbocycles. The number of benzene rings is 2. The molecule has 0 saturated heterocycles. The number of hydrogen-bond donors (Lipinski definition) is 1. The maximum Gasteiger partial charge on any atom is 0.254 e. The lowest BCUT2D eigenvalue weighted by atomic mass is 9.95. The van der Waals surface area contributed by atoms with Gasteiger partial charge in [-0.1, -0.05) is 29.8 Å². The van der Waals surface area contributed by atoms with Crippen LogP contribution in [-0.2, 0) is 17.8 Å². The average Bonchev–Trinajstić information content (AvgIpc) is 3.22. The van der Waals surface area contributed by atoms with Gasteiger partial charge in [0.15, 0.2) is 0 Å². The predicted octanol–water partition coefficient (Wildman–Crippen LogP) is 5.66. The van der Waals surface area contributed by atoms with Crippen LogP contribution < -0.4 is 5.32 Å². The molecule has 0 atom stereocenters. The molecule has 0 radical (unpaired) electrons. The highest BCUT2D eigenvalue weighted by molar-refractivity contribution is 6.20. The van der Waals surface area contributed by atoms with E-state index in [1.54, 1.807) is 0 Å². The largest absolute Gasteiger partial charge is 0.461 e. The van der Waals surface area contributed by atoms with Crippen molar-refractivity contribution in [3.8, 4) is 11.3 Å². The summed E-state index contributed by atoms with van der Waals surface area (Å²) in [7, 11) is 0. The fourth-order valence-electron chi connectivity index (χ4n) is 3.72. The average molecular weight is 451 g/mol. The Labute approximate surface area is 193 Å². The highest BCUT2D eigenvalue weighted by atomic mass is 35.5. The normalized spacial score (nSPS) is 13.6. The van der Waals surface area contributed by atoms with Gasteiger partial charge in [-0.3, -0.25) is 9.59 Å². The number of furan rings is 1. The van der Waals surface area contributed by atoms with Crippen molar-refractivity contribution in [1.82, 2.24) is 4.90 Å². The molecule has 166 valence electrons. The third-order valence-corrected chi connectivity index (χ3v) is 6.44. The quantitative estimate of drug-likeness (QED) is 0.510. The molecule has 6 heteroatoms. The lowest BCUT2D eigenvalue weighted by molar-refractivity contribution is -0.122. The van der Waals surface area contributed by atoms with Crippen LogP contribution in [0.3, 0.4) is 0 Å². The van der Waals surface area contributed by atoms with Crippen LogP contribution in [0.2, 0.25) is 0 Å². The van der Waals surface area contributed by atoms with Crippen molar-refractivity contribution in [2.75, 3.05) is 17.7 Å². The summed E-state index contributed by atoms with van der Waals surface area (Å²) in [4.78, 5) is 27.3. The second-order valence-corrected chi connectivity index (χ2v) is 9.22. The molecule has 1 N–H and O–H groups in total. The molecule has 1 aliphatic rings. The number of fused-ring (bicyclic) bond motifs is 1. The van der Waals surface area contributed by atoms with Crippen molar-refractivity contribution >= 4 is 29.1 Å². The smallest absolute Gasteiger partial charge is 0.254 e. The Bertz CT molecular complexity index is 1170. The summed E-state index contributed by atoms with van der Waals surface area (Å²) in [6.45, 7) is 6.75. The maximum absolute atomic E-state index is 12.9. The minimum Gasteiger partial charge on any atom is -0.461 e. The zero-order valence-corrected chi connectivity index (χ0v) is 19.3. The van der Waals surface area contributed by atoms with Gasteiger partial charge in [0.2, 0.25) is 5.91 Å². The number of anilines is 1. The van der Waals surface area contributed by atoms with Crippen molar-refractivity contribution in [3.63, 3.8) is 0 Å². The van der Waals surface area contributed by atoms with E-state index in [2.05, 4.69) is 5.32 Å². The highest BCUT2D eigenvalue weighted by Crippen LogP contribution is 2.32. The number of rotatable bonds is 5. The first-order valence-corrected chi connectivity index (χ1v) is 11.3. The van der Waals surface area contributed by atoms with Gasteiger partial charge in [-0.2, -0.15) is 0 Å². The monoisotopic (exact) mass is 450 g/mol. The van der Waals surface area contributed by atoms with Crippen LogP contribution in [0.4, 0.5) is 5.69 Å². The van der Waals surface area contributed by atoms with Gasteiger partial charge in [0, 0.05) is 47.8 Å². The lowest BCUT2D eigenvalue weighted by Gasteiger charge is -2.26. The molecule has 2 aromatic carbocycles. The van der Waals surface area contributed by atoms with E-state index in [0.717, 1.165) is 28.2 Å². The minimum atomic E-state index is -0.658. The predicted molar refractivity (Wildman–Crippen MR) is 127 cm³/mol. The zero-order chi connectivity index (χ0) is 22.9. The molecule has 32 heavy (non-hydrogen) atoms. The van der Waals surface area contributed by atoms with E-state index >= 15 is 0 Å². The van der Waals surface area contributed by atoms with Crippen LogP contribution in [0.5, 0.6) is 0 Å². The molecule has 2 heterocycles. The molecule has 2 amide bonds. The third kappa shape index (κ3) is 4.58. The van der Waals surface area contributed by atoms with Gasteiger partial charge in [0.05, 0.1) is 5.41 Å². The summed E-state index contributed by atoms with van der Waals surface area (Å²) in [6.07, 6.45) is 0.674. The number of aryl methyl sites for hydroxylation is 1. The van der Waals surface area contributed by atoms with Crippen LogP contribution in [0, 0.1) is 12.3 Å². The summed E-state index contributed by atoms with van der Waals surface area (Å²) in [6, 6.07) is 17.2. The van der Waals surface area contributed by atoms with Crippen LogP contribution in [0.25, 0.3) is 11.3 Å². The molecular weight excluding hydrogens is 424 g/mol. The summed E-state index contributed by atoms with van der Waals surface area (Å²) >= 11 is 5.92. The topological polar surface area (TPSA) is 62.6 Å². The molecule has 1 aromatic heterocycles. The highest BCUT2D eigenvalue weighted by Gasteiger charge is 2.27. The second-order valence-electron chi connectivity index (χ2n) is 8.96. The molecule has 0 saturated carbocycles. The van der Waals surface area contributed by atoms with Crippen LogP contribution in [0.15, 0.2) is 59.0 Å². The van der Waals surface area contributed by atoms with Crippen molar-refractivity contribution in [3.05, 3.63) is 77.0 Å². The maximum atomic E-state index is 12.9. The third-order valence-electron chi connectivity index (χ3n) is 5.77. The number of halogens is 1. The fourth-order valence-corrected chi connectivity index (χ4v) is 3.84. The van der Waals surface area contributed by atoms with Crippen molar-refractivity contribution in [2.45, 2.75) is 33.7 Å². The summed E-state index contributed by atoms with van der Waals surface area (Å²) in [5, 5.41) is 2.93. The molecule has 3 aromatic rings. The first kappa shape index (κ1) is 22.2. The van der Waals surface area contributed by atoms with Gasteiger partial charge >= 0.3 is 0 Å². The van der Waals surface area contributed by atoms with E-state index in [4.69, 9.17) is 16.0 Å². The molecule has 0 unspecified atom stereocenters. The Hall–Kier alpha value is -3.05. The summed E-state index contributed by atoms with van der Waals surface area (Å²) in [5.74, 6) is 1.78. The molecule has 0 spiro atoms. The Morgan fingerprint density at radius 2 is 1.91 bits per heavy atom. The number of carbonyl (C=O) groups excluding carboxylic acids is 2. The Morgan fingerprint density at radius 1 is 1.12 bits per heavy atom. The van der Waals surface area contributed by atoms with E-state index in [1.807, 2.05) is 80.3 Å². The number of hydrogen-bond acceptors (Lipinski definition) is 3. The summed E-state index contributed by atoms with van der Waals surface area (Å²) in [5.41, 5.74) is 3.70. The van der Waals surface area contributed by atoms with E-state index in [-0.39, 0.29) is 17.7 Å². The Balaban J connectivity index is 1.52. The number of nitrogens with zero attached hydrogens (tertiary/aromatic N) is 1. The standard InChI is InChI=1S/C26H27ClN2O3/c1-17-6-4-8-19(12-17)24(30)29-11-10-22-20(15-29)14-23(32-22)18-7-5-9-21(13-18)28-25(31)26(2,3)16-27/h4-9,12-14H,10-11,15-16H2,1-3H3,(H,28,31). The van der Waals surface area contributed by atoms with Crippen LogP contribution >= 0.6 is 11.6 Å². The SMILES string of the molecule is Cc1cccc(C(=O)N2CCc3oc(-c4cccc(NC(=O)C(C)(C)CCl)c4)cc3C2)c1. The van der Waals surface area contributed by atoms with Gasteiger partial charge in [-0.25, -0.2) is 0 Å². The van der Waals surface area contributed by atoms with Gasteiger partial charge in [-0.15, -0.1) is 11.6 Å². The van der Waals surface area contributed by atoms with Gasteiger partial charge in [-0.05, 0) is 51.1 Å². The zero-order valence-electron chi connectivity index (χ0n) is 18.6. The number of amides is 2. The number of nitrogens with one attached hydrogen (secondary N) is 1. The van der Waals surface area contributed by atoms with Gasteiger partial charge in [0.1, 0.15) is 11.5 Å². The van der Waals surface area contributed by atoms with Crippen LogP contribution in [-0.4, -0.2) is 29.1 Å². The van der Waals surface area contributed by atoms with E-state index < -0.39 is 5.41 Å². The van der Waals surface area contributed by atoms with Gasteiger partial charge < -0.3 is 14.6 Å². The van der Waals surface area contributed by atoms with Crippen LogP contribution in [0.1, 0.15) is 41.1 Å². The van der Waals surface area contributed by atoms with E-state index in [0.29, 0.717) is 30.8 Å². The number of carbonyl (C=O) groups is 2. The molecular formula is C26H27ClN2O3. The molecule has 1 aliphatic heterocycles. The molecule has 5 nitrogen and oxygen atoms in total. The fraction of sp³-hybridized carbons (Fsp3) is 0.308. The molecule has 0 fully saturated rings. The first-order valence-electron chi connectivity index (χ1n) is 10.7. The lowest BCUT2D eigenvalue weighted by Crippen LogP contribution is -2.35. The van der Waals surface area contributed by atoms with Crippen molar-refractivity contribution < 1.29 is 14.0 Å². The Morgan fingerprint density at radius 3 is 2.66 bits per heavy atom. The Kier molecular flexibility index (Phi) is 6.11.